The van der Waals surface area contributed by atoms with Crippen LogP contribution in [0.15, 0.2) is 24.3 Å². The maximum absolute atomic E-state index is 11.9. The van der Waals surface area contributed by atoms with Crippen molar-refractivity contribution in [2.75, 3.05) is 0 Å². The van der Waals surface area contributed by atoms with Crippen molar-refractivity contribution in [2.24, 2.45) is 5.92 Å². The van der Waals surface area contributed by atoms with Gasteiger partial charge in [-0.2, -0.15) is 0 Å². The SMILES string of the molecule is CC(C)C(=O)C(C)c1ccc(C(C)C)cc1. The first-order chi connectivity index (χ1) is 7.43. The lowest BCUT2D eigenvalue weighted by Crippen LogP contribution is -2.15. The molecule has 16 heavy (non-hydrogen) atoms. The number of carbonyl (C=O) groups excluding carboxylic acids is 1. The summed E-state index contributed by atoms with van der Waals surface area (Å²) in [5.41, 5.74) is 2.45. The normalized spacial score (nSPS) is 13.2. The first-order valence-electron chi connectivity index (χ1n) is 6.07. The Labute approximate surface area is 98.9 Å². The zero-order valence-electron chi connectivity index (χ0n) is 10.9. The Morgan fingerprint density at radius 2 is 1.31 bits per heavy atom. The van der Waals surface area contributed by atoms with Gasteiger partial charge in [0.25, 0.3) is 0 Å². The summed E-state index contributed by atoms with van der Waals surface area (Å²) in [6, 6.07) is 8.43. The molecule has 0 fully saturated rings. The molecule has 1 atom stereocenters. The van der Waals surface area contributed by atoms with Crippen molar-refractivity contribution < 1.29 is 4.79 Å². The summed E-state index contributed by atoms with van der Waals surface area (Å²) in [4.78, 5) is 11.9. The Balaban J connectivity index is 2.85. The molecule has 88 valence electrons. The number of benzene rings is 1. The number of Topliss-reactive ketones (excluding diaryl/α,β-unsaturated/α-hetero) is 1. The Hall–Kier alpha value is -1.11. The summed E-state index contributed by atoms with van der Waals surface area (Å²) in [7, 11) is 0. The minimum atomic E-state index is 0.0150. The van der Waals surface area contributed by atoms with Gasteiger partial charge in [0.1, 0.15) is 5.78 Å². The van der Waals surface area contributed by atoms with Crippen LogP contribution in [0.4, 0.5) is 0 Å². The highest BCUT2D eigenvalue weighted by molar-refractivity contribution is 5.86. The highest BCUT2D eigenvalue weighted by atomic mass is 16.1. The molecule has 1 aromatic rings. The third kappa shape index (κ3) is 2.94. The predicted molar refractivity (Wildman–Crippen MR) is 68.8 cm³/mol. The van der Waals surface area contributed by atoms with E-state index in [-0.39, 0.29) is 11.8 Å². The molecule has 0 aliphatic carbocycles. The lowest BCUT2D eigenvalue weighted by atomic mass is 9.89. The van der Waals surface area contributed by atoms with Crippen molar-refractivity contribution in [2.45, 2.75) is 46.5 Å². The van der Waals surface area contributed by atoms with Gasteiger partial charge in [0, 0.05) is 11.8 Å². The highest BCUT2D eigenvalue weighted by Crippen LogP contribution is 2.22. The number of ketones is 1. The van der Waals surface area contributed by atoms with Crippen LogP contribution < -0.4 is 0 Å². The number of rotatable bonds is 4. The highest BCUT2D eigenvalue weighted by Gasteiger charge is 2.17. The second-order valence-corrected chi connectivity index (χ2v) is 5.10. The first kappa shape index (κ1) is 13.0. The molecule has 0 heterocycles. The molecule has 0 aliphatic rings. The van der Waals surface area contributed by atoms with Gasteiger partial charge in [0.05, 0.1) is 0 Å². The van der Waals surface area contributed by atoms with Gasteiger partial charge in [-0.1, -0.05) is 58.9 Å². The van der Waals surface area contributed by atoms with Crippen molar-refractivity contribution >= 4 is 5.78 Å². The van der Waals surface area contributed by atoms with E-state index in [2.05, 4.69) is 38.1 Å². The summed E-state index contributed by atoms with van der Waals surface area (Å²) in [6.45, 7) is 10.3. The van der Waals surface area contributed by atoms with E-state index in [1.54, 1.807) is 0 Å². The smallest absolute Gasteiger partial charge is 0.142 e. The molecule has 0 radical (unpaired) electrons. The molecule has 1 unspecified atom stereocenters. The van der Waals surface area contributed by atoms with E-state index in [9.17, 15) is 4.79 Å². The maximum Gasteiger partial charge on any atom is 0.142 e. The van der Waals surface area contributed by atoms with Crippen molar-refractivity contribution in [3.63, 3.8) is 0 Å². The fourth-order valence-electron chi connectivity index (χ4n) is 1.83. The number of carbonyl (C=O) groups is 1. The Morgan fingerprint density at radius 1 is 0.875 bits per heavy atom. The monoisotopic (exact) mass is 218 g/mol. The van der Waals surface area contributed by atoms with Crippen LogP contribution >= 0.6 is 0 Å². The first-order valence-corrected chi connectivity index (χ1v) is 6.07. The van der Waals surface area contributed by atoms with Gasteiger partial charge >= 0.3 is 0 Å². The average molecular weight is 218 g/mol. The Morgan fingerprint density at radius 3 is 1.69 bits per heavy atom. The zero-order chi connectivity index (χ0) is 12.3. The standard InChI is InChI=1S/C15H22O/c1-10(2)13-6-8-14(9-7-13)12(5)15(16)11(3)4/h6-12H,1-5H3. The average Bonchev–Trinajstić information content (AvgIpc) is 2.27. The van der Waals surface area contributed by atoms with Gasteiger partial charge in [0.15, 0.2) is 0 Å². The second kappa shape index (κ2) is 5.29. The van der Waals surface area contributed by atoms with E-state index in [4.69, 9.17) is 0 Å². The van der Waals surface area contributed by atoms with Gasteiger partial charge in [-0.15, -0.1) is 0 Å². The molecule has 0 aromatic heterocycles. The van der Waals surface area contributed by atoms with Crippen LogP contribution in [0.3, 0.4) is 0 Å². The lowest BCUT2D eigenvalue weighted by molar-refractivity contribution is -0.123. The lowest BCUT2D eigenvalue weighted by Gasteiger charge is -2.14. The van der Waals surface area contributed by atoms with Crippen LogP contribution in [0.25, 0.3) is 0 Å². The van der Waals surface area contributed by atoms with E-state index in [1.165, 1.54) is 5.56 Å². The fourth-order valence-corrected chi connectivity index (χ4v) is 1.83. The minimum Gasteiger partial charge on any atom is -0.299 e. The summed E-state index contributed by atoms with van der Waals surface area (Å²) >= 11 is 0. The third-order valence-corrected chi connectivity index (χ3v) is 3.10. The molecule has 0 saturated carbocycles. The summed E-state index contributed by atoms with van der Waals surface area (Å²) < 4.78 is 0. The van der Waals surface area contributed by atoms with E-state index in [0.29, 0.717) is 11.7 Å². The predicted octanol–water partition coefficient (Wildman–Crippen LogP) is 4.14. The number of hydrogen-bond donors (Lipinski definition) is 0. The molecule has 0 aliphatic heterocycles. The van der Waals surface area contributed by atoms with Crippen molar-refractivity contribution in [3.8, 4) is 0 Å². The molecule has 1 rings (SSSR count). The summed E-state index contributed by atoms with van der Waals surface area (Å²) in [6.07, 6.45) is 0. The van der Waals surface area contributed by atoms with Gasteiger partial charge in [-0.05, 0) is 17.0 Å². The molecule has 0 bridgehead atoms. The largest absolute Gasteiger partial charge is 0.299 e. The topological polar surface area (TPSA) is 17.1 Å². The van der Waals surface area contributed by atoms with E-state index in [1.807, 2.05) is 20.8 Å². The van der Waals surface area contributed by atoms with Crippen molar-refractivity contribution in [1.29, 1.82) is 0 Å². The van der Waals surface area contributed by atoms with Crippen molar-refractivity contribution in [1.82, 2.24) is 0 Å². The van der Waals surface area contributed by atoms with E-state index < -0.39 is 0 Å². The third-order valence-electron chi connectivity index (χ3n) is 3.10. The fraction of sp³-hybridized carbons (Fsp3) is 0.533. The van der Waals surface area contributed by atoms with Gasteiger partial charge in [0.2, 0.25) is 0 Å². The molecule has 1 nitrogen and oxygen atoms in total. The van der Waals surface area contributed by atoms with E-state index >= 15 is 0 Å². The van der Waals surface area contributed by atoms with Crippen LogP contribution in [0, 0.1) is 5.92 Å². The zero-order valence-corrected chi connectivity index (χ0v) is 10.9. The van der Waals surface area contributed by atoms with Crippen LogP contribution in [-0.2, 0) is 4.79 Å². The Kier molecular flexibility index (Phi) is 4.28. The quantitative estimate of drug-likeness (QED) is 0.742. The van der Waals surface area contributed by atoms with Crippen LogP contribution in [0.2, 0.25) is 0 Å². The molecule has 0 saturated heterocycles. The molecule has 0 spiro atoms. The van der Waals surface area contributed by atoms with Gasteiger partial charge in [-0.25, -0.2) is 0 Å². The molecular formula is C15H22O. The minimum absolute atomic E-state index is 0.0150. The van der Waals surface area contributed by atoms with Crippen LogP contribution in [0.5, 0.6) is 0 Å². The second-order valence-electron chi connectivity index (χ2n) is 5.10. The molecule has 0 N–H and O–H groups in total. The summed E-state index contributed by atoms with van der Waals surface area (Å²) in [5, 5.41) is 0. The molecule has 1 heteroatoms. The molecular weight excluding hydrogens is 196 g/mol. The Bertz CT molecular complexity index is 346. The summed E-state index contributed by atoms with van der Waals surface area (Å²) in [5.74, 6) is 0.989. The van der Waals surface area contributed by atoms with Crippen molar-refractivity contribution in [3.05, 3.63) is 35.4 Å². The number of hydrogen-bond acceptors (Lipinski definition) is 1. The molecule has 0 amide bonds. The molecule has 1 aromatic carbocycles. The van der Waals surface area contributed by atoms with Crippen LogP contribution in [-0.4, -0.2) is 5.78 Å². The van der Waals surface area contributed by atoms with E-state index in [0.717, 1.165) is 5.56 Å². The van der Waals surface area contributed by atoms with Gasteiger partial charge < -0.3 is 0 Å². The van der Waals surface area contributed by atoms with Crippen LogP contribution in [0.1, 0.15) is 57.6 Å². The van der Waals surface area contributed by atoms with Gasteiger partial charge in [-0.3, -0.25) is 4.79 Å². The maximum atomic E-state index is 11.9.